The molecule has 5 heteroatoms. The summed E-state index contributed by atoms with van der Waals surface area (Å²) >= 11 is 0. The van der Waals surface area contributed by atoms with Gasteiger partial charge in [0.05, 0.1) is 11.3 Å². The van der Waals surface area contributed by atoms with Crippen LogP contribution in [0.25, 0.3) is 10.8 Å². The second-order valence-corrected chi connectivity index (χ2v) is 8.02. The normalized spacial score (nSPS) is 11.6. The van der Waals surface area contributed by atoms with Crippen LogP contribution < -0.4 is 15.4 Å². The van der Waals surface area contributed by atoms with Crippen LogP contribution in [0.4, 0.5) is 5.69 Å². The van der Waals surface area contributed by atoms with E-state index in [-0.39, 0.29) is 11.8 Å². The third-order valence-electron chi connectivity index (χ3n) is 5.65. The summed E-state index contributed by atoms with van der Waals surface area (Å²) in [6.07, 6.45) is 0.526. The number of para-hydroxylation sites is 1. The summed E-state index contributed by atoms with van der Waals surface area (Å²) in [5, 5.41) is 7.84. The molecule has 0 bridgehead atoms. The van der Waals surface area contributed by atoms with E-state index in [2.05, 4.69) is 10.6 Å². The Morgan fingerprint density at radius 3 is 2.35 bits per heavy atom. The van der Waals surface area contributed by atoms with E-state index in [9.17, 15) is 9.59 Å². The topological polar surface area (TPSA) is 67.4 Å². The van der Waals surface area contributed by atoms with Gasteiger partial charge in [0.25, 0.3) is 11.8 Å². The van der Waals surface area contributed by atoms with Crippen LogP contribution in [0.2, 0.25) is 0 Å². The highest BCUT2D eigenvalue weighted by Crippen LogP contribution is 2.27. The lowest BCUT2D eigenvalue weighted by Crippen LogP contribution is -2.33. The average Bonchev–Trinajstić information content (AvgIpc) is 2.88. The van der Waals surface area contributed by atoms with Crippen molar-refractivity contribution in [2.75, 3.05) is 11.9 Å². The van der Waals surface area contributed by atoms with E-state index < -0.39 is 6.10 Å². The summed E-state index contributed by atoms with van der Waals surface area (Å²) in [5.74, 6) is 0.141. The standard InChI is InChI=1S/C29H28N2O3/c1-2-26(34-27-18-10-14-22-13-6-7-15-23(22)27)29(33)31-25-17-9-8-16-24(25)28(32)30-20-19-21-11-4-3-5-12-21/h3-18,26H,2,19-20H2,1H3,(H,30,32)(H,31,33)/t26-/m1/s1. The molecule has 2 amide bonds. The summed E-state index contributed by atoms with van der Waals surface area (Å²) in [4.78, 5) is 25.9. The molecule has 4 aromatic rings. The van der Waals surface area contributed by atoms with Crippen molar-refractivity contribution in [2.24, 2.45) is 0 Å². The minimum atomic E-state index is -0.694. The van der Waals surface area contributed by atoms with E-state index in [4.69, 9.17) is 4.74 Å². The van der Waals surface area contributed by atoms with E-state index in [1.807, 2.05) is 79.7 Å². The van der Waals surface area contributed by atoms with Crippen molar-refractivity contribution in [2.45, 2.75) is 25.9 Å². The zero-order valence-corrected chi connectivity index (χ0v) is 19.2. The van der Waals surface area contributed by atoms with Gasteiger partial charge in [-0.1, -0.05) is 85.8 Å². The van der Waals surface area contributed by atoms with Crippen molar-refractivity contribution < 1.29 is 14.3 Å². The molecule has 0 saturated heterocycles. The molecule has 0 saturated carbocycles. The predicted octanol–water partition coefficient (Wildman–Crippen LogP) is 5.61. The summed E-state index contributed by atoms with van der Waals surface area (Å²) in [6, 6.07) is 30.7. The van der Waals surface area contributed by atoms with Crippen LogP contribution in [0.15, 0.2) is 97.1 Å². The molecule has 0 unspecified atom stereocenters. The van der Waals surface area contributed by atoms with E-state index in [1.54, 1.807) is 24.3 Å². The van der Waals surface area contributed by atoms with Gasteiger partial charge in [-0.05, 0) is 42.0 Å². The number of amides is 2. The van der Waals surface area contributed by atoms with Crippen LogP contribution in [0.3, 0.4) is 0 Å². The van der Waals surface area contributed by atoms with Crippen molar-refractivity contribution in [3.05, 3.63) is 108 Å². The maximum absolute atomic E-state index is 13.1. The Bertz CT molecular complexity index is 1270. The number of benzene rings is 4. The second-order valence-electron chi connectivity index (χ2n) is 8.02. The van der Waals surface area contributed by atoms with Gasteiger partial charge in [0.2, 0.25) is 0 Å². The molecule has 0 aromatic heterocycles. The number of nitrogens with one attached hydrogen (secondary N) is 2. The number of fused-ring (bicyclic) bond motifs is 1. The molecule has 0 radical (unpaired) electrons. The lowest BCUT2D eigenvalue weighted by atomic mass is 10.1. The zero-order chi connectivity index (χ0) is 23.8. The first-order valence-electron chi connectivity index (χ1n) is 11.5. The SMILES string of the molecule is CC[C@@H](Oc1cccc2ccccc12)C(=O)Nc1ccccc1C(=O)NCCc1ccccc1. The zero-order valence-electron chi connectivity index (χ0n) is 19.2. The first-order valence-corrected chi connectivity index (χ1v) is 11.5. The Morgan fingerprint density at radius 2 is 1.53 bits per heavy atom. The number of rotatable bonds is 9. The second kappa shape index (κ2) is 11.1. The fourth-order valence-electron chi connectivity index (χ4n) is 3.84. The molecule has 4 rings (SSSR count). The first kappa shape index (κ1) is 23.1. The molecule has 1 atom stereocenters. The van der Waals surface area contributed by atoms with E-state index in [1.165, 1.54) is 0 Å². The van der Waals surface area contributed by atoms with Gasteiger partial charge in [-0.25, -0.2) is 0 Å². The third kappa shape index (κ3) is 5.62. The molecule has 172 valence electrons. The smallest absolute Gasteiger partial charge is 0.265 e. The van der Waals surface area contributed by atoms with Crippen molar-refractivity contribution in [1.82, 2.24) is 5.32 Å². The Morgan fingerprint density at radius 1 is 0.824 bits per heavy atom. The van der Waals surface area contributed by atoms with E-state index >= 15 is 0 Å². The van der Waals surface area contributed by atoms with Gasteiger partial charge in [-0.15, -0.1) is 0 Å². The summed E-state index contributed by atoms with van der Waals surface area (Å²) in [6.45, 7) is 2.41. The van der Waals surface area contributed by atoms with Gasteiger partial charge in [-0.2, -0.15) is 0 Å². The average molecular weight is 453 g/mol. The molecule has 0 aliphatic heterocycles. The monoisotopic (exact) mass is 452 g/mol. The molecule has 0 aliphatic rings. The van der Waals surface area contributed by atoms with Gasteiger partial charge in [0.15, 0.2) is 6.10 Å². The molecular formula is C29H28N2O3. The number of ether oxygens (including phenoxy) is 1. The largest absolute Gasteiger partial charge is 0.480 e. The van der Waals surface area contributed by atoms with Crippen molar-refractivity contribution in [3.63, 3.8) is 0 Å². The molecule has 0 heterocycles. The maximum atomic E-state index is 13.1. The Hall–Kier alpha value is -4.12. The van der Waals surface area contributed by atoms with Crippen LogP contribution in [0, 0.1) is 0 Å². The number of hydrogen-bond acceptors (Lipinski definition) is 3. The van der Waals surface area contributed by atoms with Crippen LogP contribution in [0.1, 0.15) is 29.3 Å². The molecule has 2 N–H and O–H groups in total. The van der Waals surface area contributed by atoms with Gasteiger partial charge >= 0.3 is 0 Å². The molecule has 4 aromatic carbocycles. The first-order chi connectivity index (χ1) is 16.7. The molecule has 5 nitrogen and oxygen atoms in total. The third-order valence-corrected chi connectivity index (χ3v) is 5.65. The number of carbonyl (C=O) groups excluding carboxylic acids is 2. The van der Waals surface area contributed by atoms with Gasteiger partial charge in [0.1, 0.15) is 5.75 Å². The molecular weight excluding hydrogens is 424 g/mol. The maximum Gasteiger partial charge on any atom is 0.265 e. The summed E-state index contributed by atoms with van der Waals surface area (Å²) in [5.41, 5.74) is 2.04. The van der Waals surface area contributed by atoms with Gasteiger partial charge in [0, 0.05) is 11.9 Å². The highest BCUT2D eigenvalue weighted by Gasteiger charge is 2.21. The minimum absolute atomic E-state index is 0.227. The van der Waals surface area contributed by atoms with E-state index in [0.29, 0.717) is 30.0 Å². The fraction of sp³-hybridized carbons (Fsp3) is 0.172. The summed E-state index contributed by atoms with van der Waals surface area (Å²) < 4.78 is 6.11. The quantitative estimate of drug-likeness (QED) is 0.347. The van der Waals surface area contributed by atoms with Crippen molar-refractivity contribution >= 4 is 28.3 Å². The predicted molar refractivity (Wildman–Crippen MR) is 136 cm³/mol. The van der Waals surface area contributed by atoms with Crippen LogP contribution >= 0.6 is 0 Å². The van der Waals surface area contributed by atoms with Gasteiger partial charge in [-0.3, -0.25) is 9.59 Å². The molecule has 0 aliphatic carbocycles. The number of anilines is 1. The Kier molecular flexibility index (Phi) is 7.56. The fourth-order valence-corrected chi connectivity index (χ4v) is 3.84. The lowest BCUT2D eigenvalue weighted by molar-refractivity contribution is -0.122. The number of hydrogen-bond donors (Lipinski definition) is 2. The molecule has 0 spiro atoms. The number of carbonyl (C=O) groups is 2. The Labute approximate surface area is 199 Å². The van der Waals surface area contributed by atoms with Crippen molar-refractivity contribution in [1.29, 1.82) is 0 Å². The highest BCUT2D eigenvalue weighted by molar-refractivity contribution is 6.04. The molecule has 34 heavy (non-hydrogen) atoms. The molecule has 0 fully saturated rings. The van der Waals surface area contributed by atoms with Crippen LogP contribution in [0.5, 0.6) is 5.75 Å². The van der Waals surface area contributed by atoms with Crippen LogP contribution in [-0.4, -0.2) is 24.5 Å². The van der Waals surface area contributed by atoms with Crippen LogP contribution in [-0.2, 0) is 11.2 Å². The Balaban J connectivity index is 1.43. The van der Waals surface area contributed by atoms with Crippen molar-refractivity contribution in [3.8, 4) is 5.75 Å². The minimum Gasteiger partial charge on any atom is -0.480 e. The summed E-state index contributed by atoms with van der Waals surface area (Å²) in [7, 11) is 0. The van der Waals surface area contributed by atoms with Gasteiger partial charge < -0.3 is 15.4 Å². The lowest BCUT2D eigenvalue weighted by Gasteiger charge is -2.19. The van der Waals surface area contributed by atoms with E-state index in [0.717, 1.165) is 22.8 Å². The highest BCUT2D eigenvalue weighted by atomic mass is 16.5.